The molecule has 130 valence electrons. The third-order valence-electron chi connectivity index (χ3n) is 3.07. The van der Waals surface area contributed by atoms with E-state index in [0.717, 1.165) is 0 Å². The predicted octanol–water partition coefficient (Wildman–Crippen LogP) is 2.59. The Morgan fingerprint density at radius 1 is 1.04 bits per heavy atom. The monoisotopic (exact) mass is 360 g/mol. The van der Waals surface area contributed by atoms with Crippen molar-refractivity contribution in [1.82, 2.24) is 10.9 Å². The smallest absolute Gasteiger partial charge is 0.276 e. The number of methoxy groups -OCH3 is 1. The zero-order chi connectivity index (χ0) is 18.1. The van der Waals surface area contributed by atoms with Gasteiger partial charge in [0.15, 0.2) is 6.61 Å². The van der Waals surface area contributed by atoms with Crippen molar-refractivity contribution in [3.63, 3.8) is 0 Å². The van der Waals surface area contributed by atoms with Gasteiger partial charge in [-0.1, -0.05) is 29.8 Å². The second-order valence-corrected chi connectivity index (χ2v) is 5.26. The van der Waals surface area contributed by atoms with Gasteiger partial charge in [0, 0.05) is 11.1 Å². The van der Waals surface area contributed by atoms with Gasteiger partial charge in [-0.15, -0.1) is 0 Å². The van der Waals surface area contributed by atoms with E-state index in [0.29, 0.717) is 22.1 Å². The third-order valence-corrected chi connectivity index (χ3v) is 3.42. The Kier molecular flexibility index (Phi) is 6.86. The molecule has 2 aromatic rings. The summed E-state index contributed by atoms with van der Waals surface area (Å²) in [6.07, 6.45) is 2.82. The molecule has 6 nitrogen and oxygen atoms in total. The largest absolute Gasteiger partial charge is 0.497 e. The van der Waals surface area contributed by atoms with Gasteiger partial charge in [-0.3, -0.25) is 20.4 Å². The number of amides is 2. The number of nitrogens with one attached hydrogen (secondary N) is 2. The van der Waals surface area contributed by atoms with Crippen LogP contribution in [0, 0.1) is 0 Å². The fourth-order valence-corrected chi connectivity index (χ4v) is 2.00. The van der Waals surface area contributed by atoms with Crippen molar-refractivity contribution in [2.24, 2.45) is 0 Å². The van der Waals surface area contributed by atoms with Crippen LogP contribution in [0.5, 0.6) is 11.5 Å². The number of hydrazine groups is 1. The summed E-state index contributed by atoms with van der Waals surface area (Å²) in [5, 5.41) is 0.531. The van der Waals surface area contributed by atoms with Crippen molar-refractivity contribution >= 4 is 29.5 Å². The van der Waals surface area contributed by atoms with Crippen LogP contribution < -0.4 is 20.3 Å². The van der Waals surface area contributed by atoms with Crippen LogP contribution in [0.3, 0.4) is 0 Å². The Hall–Kier alpha value is -2.99. The van der Waals surface area contributed by atoms with Crippen molar-refractivity contribution in [2.75, 3.05) is 13.7 Å². The van der Waals surface area contributed by atoms with Crippen LogP contribution >= 0.6 is 11.6 Å². The molecule has 0 aliphatic carbocycles. The summed E-state index contributed by atoms with van der Waals surface area (Å²) >= 11 is 5.98. The van der Waals surface area contributed by atoms with Crippen LogP contribution in [-0.2, 0) is 9.59 Å². The van der Waals surface area contributed by atoms with Crippen molar-refractivity contribution in [2.45, 2.75) is 0 Å². The highest BCUT2D eigenvalue weighted by Gasteiger charge is 2.04. The van der Waals surface area contributed by atoms with Gasteiger partial charge in [-0.05, 0) is 42.0 Å². The van der Waals surface area contributed by atoms with E-state index in [1.807, 2.05) is 6.07 Å². The molecule has 2 rings (SSSR count). The second kappa shape index (κ2) is 9.34. The number of carbonyl (C=O) groups is 2. The van der Waals surface area contributed by atoms with E-state index in [9.17, 15) is 9.59 Å². The lowest BCUT2D eigenvalue weighted by Gasteiger charge is -2.08. The number of carbonyl (C=O) groups excluding carboxylic acids is 2. The molecule has 0 heterocycles. The average molecular weight is 361 g/mol. The number of halogens is 1. The molecule has 0 saturated carbocycles. The van der Waals surface area contributed by atoms with Crippen LogP contribution in [-0.4, -0.2) is 25.5 Å². The fraction of sp³-hybridized carbons (Fsp3) is 0.111. The summed E-state index contributed by atoms with van der Waals surface area (Å²) in [5.41, 5.74) is 5.21. The highest BCUT2D eigenvalue weighted by molar-refractivity contribution is 6.32. The molecule has 2 amide bonds. The summed E-state index contributed by atoms with van der Waals surface area (Å²) in [7, 11) is 1.56. The molecule has 0 unspecified atom stereocenters. The molecule has 25 heavy (non-hydrogen) atoms. The Morgan fingerprint density at radius 3 is 2.40 bits per heavy atom. The maximum absolute atomic E-state index is 11.7. The standard InChI is InChI=1S/C18H17ClN2O4/c1-24-14-7-9-15(10-8-14)25-12-18(23)21-20-17(22)11-6-13-4-2-3-5-16(13)19/h2-11H,12H2,1H3,(H,20,22)(H,21,23)/b11-6+. The molecule has 0 saturated heterocycles. The minimum atomic E-state index is -0.490. The summed E-state index contributed by atoms with van der Waals surface area (Å²) in [4.78, 5) is 23.3. The van der Waals surface area contributed by atoms with E-state index in [1.165, 1.54) is 6.08 Å². The van der Waals surface area contributed by atoms with Crippen LogP contribution in [0.1, 0.15) is 5.56 Å². The average Bonchev–Trinajstić information content (AvgIpc) is 2.64. The summed E-state index contributed by atoms with van der Waals surface area (Å²) in [5.74, 6) is 0.225. The summed E-state index contributed by atoms with van der Waals surface area (Å²) in [6, 6.07) is 13.9. The molecule has 0 aliphatic rings. The Morgan fingerprint density at radius 2 is 1.72 bits per heavy atom. The van der Waals surface area contributed by atoms with E-state index in [4.69, 9.17) is 21.1 Å². The van der Waals surface area contributed by atoms with Gasteiger partial charge in [0.25, 0.3) is 11.8 Å². The molecule has 0 fully saturated rings. The molecule has 2 N–H and O–H groups in total. The SMILES string of the molecule is COc1ccc(OCC(=O)NNC(=O)/C=C/c2ccccc2Cl)cc1. The fourth-order valence-electron chi connectivity index (χ4n) is 1.81. The highest BCUT2D eigenvalue weighted by Crippen LogP contribution is 2.17. The first kappa shape index (κ1) is 18.4. The first-order chi connectivity index (χ1) is 12.1. The third kappa shape index (κ3) is 6.19. The first-order valence-corrected chi connectivity index (χ1v) is 7.74. The molecule has 0 bridgehead atoms. The summed E-state index contributed by atoms with van der Waals surface area (Å²) in [6.45, 7) is -0.235. The van der Waals surface area contributed by atoms with Gasteiger partial charge >= 0.3 is 0 Å². The molecule has 7 heteroatoms. The van der Waals surface area contributed by atoms with E-state index in [1.54, 1.807) is 55.7 Å². The lowest BCUT2D eigenvalue weighted by molar-refractivity contribution is -0.128. The van der Waals surface area contributed by atoms with Gasteiger partial charge in [-0.25, -0.2) is 0 Å². The number of hydrogen-bond acceptors (Lipinski definition) is 4. The van der Waals surface area contributed by atoms with Crippen LogP contribution in [0.15, 0.2) is 54.6 Å². The first-order valence-electron chi connectivity index (χ1n) is 7.37. The molecule has 0 aromatic heterocycles. The van der Waals surface area contributed by atoms with Gasteiger partial charge in [0.1, 0.15) is 11.5 Å². The van der Waals surface area contributed by atoms with Crippen molar-refractivity contribution in [1.29, 1.82) is 0 Å². The zero-order valence-corrected chi connectivity index (χ0v) is 14.2. The van der Waals surface area contributed by atoms with E-state index in [-0.39, 0.29) is 6.61 Å². The minimum Gasteiger partial charge on any atom is -0.497 e. The Bertz CT molecular complexity index is 760. The van der Waals surface area contributed by atoms with Crippen molar-refractivity contribution in [3.05, 3.63) is 65.2 Å². The highest BCUT2D eigenvalue weighted by atomic mass is 35.5. The number of benzene rings is 2. The van der Waals surface area contributed by atoms with Gasteiger partial charge < -0.3 is 9.47 Å². The molecule has 0 atom stereocenters. The predicted molar refractivity (Wildman–Crippen MR) is 95.3 cm³/mol. The molecular formula is C18H17ClN2O4. The number of hydrogen-bond donors (Lipinski definition) is 2. The van der Waals surface area contributed by atoms with E-state index >= 15 is 0 Å². The Labute approximate surface area is 150 Å². The van der Waals surface area contributed by atoms with Crippen molar-refractivity contribution in [3.8, 4) is 11.5 Å². The lowest BCUT2D eigenvalue weighted by Crippen LogP contribution is -2.43. The maximum atomic E-state index is 11.7. The quantitative estimate of drug-likeness (QED) is 0.613. The van der Waals surface area contributed by atoms with Crippen LogP contribution in [0.2, 0.25) is 5.02 Å². The minimum absolute atomic E-state index is 0.235. The maximum Gasteiger partial charge on any atom is 0.276 e. The Balaban J connectivity index is 1.73. The summed E-state index contributed by atoms with van der Waals surface area (Å²) < 4.78 is 10.3. The second-order valence-electron chi connectivity index (χ2n) is 4.86. The van der Waals surface area contributed by atoms with Crippen LogP contribution in [0.4, 0.5) is 0 Å². The molecule has 0 spiro atoms. The molecule has 0 aliphatic heterocycles. The molecular weight excluding hydrogens is 344 g/mol. The van der Waals surface area contributed by atoms with Crippen molar-refractivity contribution < 1.29 is 19.1 Å². The van der Waals surface area contributed by atoms with Crippen LogP contribution in [0.25, 0.3) is 6.08 Å². The topological polar surface area (TPSA) is 76.7 Å². The molecule has 0 radical (unpaired) electrons. The lowest BCUT2D eigenvalue weighted by atomic mass is 10.2. The zero-order valence-electron chi connectivity index (χ0n) is 13.5. The van der Waals surface area contributed by atoms with E-state index in [2.05, 4.69) is 10.9 Å². The van der Waals surface area contributed by atoms with Gasteiger partial charge in [-0.2, -0.15) is 0 Å². The normalized spacial score (nSPS) is 10.3. The molecule has 2 aromatic carbocycles. The van der Waals surface area contributed by atoms with Gasteiger partial charge in [0.2, 0.25) is 0 Å². The number of ether oxygens (including phenoxy) is 2. The number of rotatable bonds is 6. The van der Waals surface area contributed by atoms with E-state index < -0.39 is 11.8 Å². The van der Waals surface area contributed by atoms with Gasteiger partial charge in [0.05, 0.1) is 7.11 Å².